The van der Waals surface area contributed by atoms with Crippen LogP contribution in [0.1, 0.15) is 24.0 Å². The van der Waals surface area contributed by atoms with Crippen LogP contribution in [0.15, 0.2) is 59.9 Å². The Labute approximate surface area is 155 Å². The SMILES string of the molecule is Ic1ccc2c3c(cccc13)C(=NCCCCc1cccnc1)N2. The minimum absolute atomic E-state index is 0.851. The molecular weight excluding hydrogens is 409 g/mol. The molecule has 0 fully saturated rings. The fourth-order valence-electron chi connectivity index (χ4n) is 3.17. The highest BCUT2D eigenvalue weighted by Crippen LogP contribution is 2.35. The van der Waals surface area contributed by atoms with E-state index < -0.39 is 0 Å². The number of hydrogen-bond donors (Lipinski definition) is 1. The molecule has 0 bridgehead atoms. The highest BCUT2D eigenvalue weighted by atomic mass is 127. The van der Waals surface area contributed by atoms with Gasteiger partial charge in [-0.25, -0.2) is 0 Å². The number of halogens is 1. The predicted octanol–water partition coefficient (Wildman–Crippen LogP) is 5.03. The second kappa shape index (κ2) is 6.89. The fraction of sp³-hybridized carbons (Fsp3) is 0.200. The molecule has 24 heavy (non-hydrogen) atoms. The average molecular weight is 427 g/mol. The van der Waals surface area contributed by atoms with Crippen molar-refractivity contribution in [3.05, 3.63) is 69.6 Å². The van der Waals surface area contributed by atoms with Gasteiger partial charge in [0.05, 0.1) is 0 Å². The summed E-state index contributed by atoms with van der Waals surface area (Å²) in [7, 11) is 0. The first kappa shape index (κ1) is 15.6. The average Bonchev–Trinajstić information content (AvgIpc) is 2.98. The van der Waals surface area contributed by atoms with Crippen LogP contribution in [0.3, 0.4) is 0 Å². The van der Waals surface area contributed by atoms with Crippen LogP contribution in [0, 0.1) is 3.57 Å². The Morgan fingerprint density at radius 1 is 1.04 bits per heavy atom. The van der Waals surface area contributed by atoms with E-state index in [1.165, 1.54) is 31.2 Å². The first-order chi connectivity index (χ1) is 11.8. The van der Waals surface area contributed by atoms with E-state index in [0.29, 0.717) is 0 Å². The van der Waals surface area contributed by atoms with Gasteiger partial charge in [0, 0.05) is 39.1 Å². The van der Waals surface area contributed by atoms with Gasteiger partial charge in [0.1, 0.15) is 5.84 Å². The van der Waals surface area contributed by atoms with Crippen LogP contribution in [0.5, 0.6) is 0 Å². The van der Waals surface area contributed by atoms with Crippen LogP contribution >= 0.6 is 22.6 Å². The standard InChI is InChI=1S/C20H18IN3/c21-17-9-10-18-19-15(17)7-3-8-16(19)20(24-18)23-12-2-1-5-14-6-4-11-22-13-14/h3-4,6-11,13H,1-2,5,12H2,(H,23,24). The lowest BCUT2D eigenvalue weighted by Crippen LogP contribution is -2.08. The molecule has 3 nitrogen and oxygen atoms in total. The van der Waals surface area contributed by atoms with Gasteiger partial charge in [0.25, 0.3) is 0 Å². The predicted molar refractivity (Wildman–Crippen MR) is 109 cm³/mol. The van der Waals surface area contributed by atoms with E-state index in [1.807, 2.05) is 18.5 Å². The highest BCUT2D eigenvalue weighted by Gasteiger charge is 2.20. The topological polar surface area (TPSA) is 37.3 Å². The molecular formula is C20H18IN3. The minimum Gasteiger partial charge on any atom is -0.339 e. The third-order valence-electron chi connectivity index (χ3n) is 4.36. The van der Waals surface area contributed by atoms with E-state index in [0.717, 1.165) is 31.6 Å². The van der Waals surface area contributed by atoms with Gasteiger partial charge in [-0.2, -0.15) is 0 Å². The monoisotopic (exact) mass is 427 g/mol. The van der Waals surface area contributed by atoms with Crippen molar-refractivity contribution in [2.24, 2.45) is 4.99 Å². The number of nitrogens with zero attached hydrogens (tertiary/aromatic N) is 2. The summed E-state index contributed by atoms with van der Waals surface area (Å²) in [6.07, 6.45) is 7.06. The molecule has 1 aromatic heterocycles. The van der Waals surface area contributed by atoms with Crippen molar-refractivity contribution in [3.63, 3.8) is 0 Å². The Morgan fingerprint density at radius 3 is 2.88 bits per heavy atom. The Morgan fingerprint density at radius 2 is 2.00 bits per heavy atom. The highest BCUT2D eigenvalue weighted by molar-refractivity contribution is 14.1. The number of anilines is 1. The van der Waals surface area contributed by atoms with Crippen LogP contribution in [0.4, 0.5) is 5.69 Å². The summed E-state index contributed by atoms with van der Waals surface area (Å²) in [6, 6.07) is 14.9. The normalized spacial score (nSPS) is 14.3. The molecule has 0 saturated carbocycles. The summed E-state index contributed by atoms with van der Waals surface area (Å²) in [6.45, 7) is 0.851. The molecule has 0 saturated heterocycles. The molecule has 0 unspecified atom stereocenters. The van der Waals surface area contributed by atoms with Crippen LogP contribution < -0.4 is 5.32 Å². The number of nitrogens with one attached hydrogen (secondary N) is 1. The Kier molecular flexibility index (Phi) is 4.47. The second-order valence-corrected chi connectivity index (χ2v) is 7.16. The summed E-state index contributed by atoms with van der Waals surface area (Å²) < 4.78 is 1.28. The lowest BCUT2D eigenvalue weighted by Gasteiger charge is -2.02. The molecule has 120 valence electrons. The Balaban J connectivity index is 1.44. The van der Waals surface area contributed by atoms with Gasteiger partial charge in [0.2, 0.25) is 0 Å². The number of aromatic nitrogens is 1. The van der Waals surface area contributed by atoms with Crippen molar-refractivity contribution in [1.29, 1.82) is 0 Å². The van der Waals surface area contributed by atoms with E-state index in [1.54, 1.807) is 0 Å². The van der Waals surface area contributed by atoms with Gasteiger partial charge in [-0.05, 0) is 71.0 Å². The molecule has 0 atom stereocenters. The first-order valence-corrected chi connectivity index (χ1v) is 9.33. The molecule has 3 aromatic rings. The van der Waals surface area contributed by atoms with Crippen molar-refractivity contribution >= 4 is 44.9 Å². The molecule has 4 rings (SSSR count). The van der Waals surface area contributed by atoms with E-state index in [4.69, 9.17) is 4.99 Å². The Hall–Kier alpha value is -1.95. The van der Waals surface area contributed by atoms with Gasteiger partial charge < -0.3 is 5.32 Å². The molecule has 2 heterocycles. The lowest BCUT2D eigenvalue weighted by molar-refractivity contribution is 0.744. The van der Waals surface area contributed by atoms with Crippen LogP contribution in [0.25, 0.3) is 10.8 Å². The summed E-state index contributed by atoms with van der Waals surface area (Å²) in [4.78, 5) is 8.97. The Bertz CT molecular complexity index is 903. The zero-order chi connectivity index (χ0) is 16.4. The van der Waals surface area contributed by atoms with Crippen molar-refractivity contribution in [2.45, 2.75) is 19.3 Å². The summed E-state index contributed by atoms with van der Waals surface area (Å²) >= 11 is 2.40. The zero-order valence-electron chi connectivity index (χ0n) is 13.3. The number of pyridine rings is 1. The van der Waals surface area contributed by atoms with E-state index >= 15 is 0 Å². The van der Waals surface area contributed by atoms with Crippen molar-refractivity contribution in [3.8, 4) is 0 Å². The summed E-state index contributed by atoms with van der Waals surface area (Å²) in [5, 5.41) is 6.09. The van der Waals surface area contributed by atoms with Crippen LogP contribution in [0.2, 0.25) is 0 Å². The third kappa shape index (κ3) is 3.02. The zero-order valence-corrected chi connectivity index (χ0v) is 15.5. The fourth-order valence-corrected chi connectivity index (χ4v) is 3.80. The maximum absolute atomic E-state index is 4.81. The van der Waals surface area contributed by atoms with Gasteiger partial charge in [-0.1, -0.05) is 24.3 Å². The maximum atomic E-state index is 4.81. The van der Waals surface area contributed by atoms with Crippen LogP contribution in [-0.2, 0) is 6.42 Å². The number of aliphatic imine (C=N–C) groups is 1. The number of aryl methyl sites for hydroxylation is 1. The largest absolute Gasteiger partial charge is 0.339 e. The van der Waals surface area contributed by atoms with Crippen LogP contribution in [-0.4, -0.2) is 17.4 Å². The second-order valence-electron chi connectivity index (χ2n) is 6.00. The molecule has 1 aliphatic rings. The smallest absolute Gasteiger partial charge is 0.133 e. The van der Waals surface area contributed by atoms with Gasteiger partial charge in [-0.15, -0.1) is 0 Å². The number of benzene rings is 2. The molecule has 0 radical (unpaired) electrons. The molecule has 1 N–H and O–H groups in total. The van der Waals surface area contributed by atoms with E-state index in [2.05, 4.69) is 69.3 Å². The minimum atomic E-state index is 0.851. The van der Waals surface area contributed by atoms with Crippen molar-refractivity contribution in [2.75, 3.05) is 11.9 Å². The maximum Gasteiger partial charge on any atom is 0.133 e. The summed E-state index contributed by atoms with van der Waals surface area (Å²) in [5.74, 6) is 1.01. The molecule has 2 aromatic carbocycles. The van der Waals surface area contributed by atoms with E-state index in [-0.39, 0.29) is 0 Å². The molecule has 4 heteroatoms. The molecule has 0 amide bonds. The lowest BCUT2D eigenvalue weighted by atomic mass is 10.1. The van der Waals surface area contributed by atoms with Gasteiger partial charge in [-0.3, -0.25) is 9.98 Å². The quantitative estimate of drug-likeness (QED) is 0.458. The van der Waals surface area contributed by atoms with Gasteiger partial charge in [0.15, 0.2) is 0 Å². The van der Waals surface area contributed by atoms with Gasteiger partial charge >= 0.3 is 0 Å². The molecule has 0 aliphatic carbocycles. The molecule has 1 aliphatic heterocycles. The number of rotatable bonds is 5. The number of unbranched alkanes of at least 4 members (excludes halogenated alkanes) is 1. The number of hydrogen-bond acceptors (Lipinski definition) is 2. The molecule has 0 spiro atoms. The number of amidine groups is 1. The van der Waals surface area contributed by atoms with E-state index in [9.17, 15) is 0 Å². The van der Waals surface area contributed by atoms with Crippen molar-refractivity contribution < 1.29 is 0 Å². The third-order valence-corrected chi connectivity index (χ3v) is 5.30. The first-order valence-electron chi connectivity index (χ1n) is 8.25. The summed E-state index contributed by atoms with van der Waals surface area (Å²) in [5.41, 5.74) is 3.71. The van der Waals surface area contributed by atoms with Crippen molar-refractivity contribution in [1.82, 2.24) is 4.98 Å².